The molecular formula is C29H22BrIN2O5S. The van der Waals surface area contributed by atoms with Gasteiger partial charge in [0, 0.05) is 15.6 Å². The fourth-order valence-corrected chi connectivity index (χ4v) is 6.92. The maximum atomic E-state index is 14.0. The Balaban J connectivity index is 1.84. The van der Waals surface area contributed by atoms with Gasteiger partial charge in [-0.1, -0.05) is 69.7 Å². The number of phenolic OH excluding ortho intramolecular Hbond substituents is 1. The van der Waals surface area contributed by atoms with E-state index in [-0.39, 0.29) is 23.5 Å². The highest BCUT2D eigenvalue weighted by molar-refractivity contribution is 14.1. The van der Waals surface area contributed by atoms with Gasteiger partial charge in [0.05, 0.1) is 39.1 Å². The minimum atomic E-state index is -0.792. The molecule has 1 N–H and O–H groups in total. The molecule has 0 saturated heterocycles. The van der Waals surface area contributed by atoms with E-state index in [1.54, 1.807) is 44.4 Å². The number of benzene rings is 3. The van der Waals surface area contributed by atoms with E-state index in [0.29, 0.717) is 35.5 Å². The number of rotatable bonds is 6. The van der Waals surface area contributed by atoms with Gasteiger partial charge in [-0.3, -0.25) is 9.36 Å². The van der Waals surface area contributed by atoms with Gasteiger partial charge in [-0.15, -0.1) is 0 Å². The van der Waals surface area contributed by atoms with Crippen molar-refractivity contribution >= 4 is 67.6 Å². The zero-order valence-corrected chi connectivity index (χ0v) is 25.4. The predicted molar refractivity (Wildman–Crippen MR) is 163 cm³/mol. The van der Waals surface area contributed by atoms with Crippen LogP contribution in [-0.4, -0.2) is 29.4 Å². The number of halogens is 2. The van der Waals surface area contributed by atoms with Crippen molar-refractivity contribution in [1.82, 2.24) is 4.57 Å². The first-order valence-electron chi connectivity index (χ1n) is 11.9. The normalized spacial score (nSPS) is 15.1. The molecule has 3 aromatic carbocycles. The summed E-state index contributed by atoms with van der Waals surface area (Å²) < 4.78 is 14.1. The maximum Gasteiger partial charge on any atom is 0.338 e. The average Bonchev–Trinajstić information content (AvgIpc) is 3.25. The molecule has 5 rings (SSSR count). The van der Waals surface area contributed by atoms with Gasteiger partial charge < -0.3 is 14.6 Å². The Morgan fingerprint density at radius 2 is 1.90 bits per heavy atom. The molecule has 0 saturated carbocycles. The van der Waals surface area contributed by atoms with Gasteiger partial charge in [0.1, 0.15) is 11.5 Å². The standard InChI is InChI=1S/C29H22BrIN2O5S/c1-3-38-28(36)23-24(16-7-5-4-6-8-16)32-29-33(25(23)17-9-11-20(37-2)12-10-17)27(35)22(39-29)14-18-13-19(30)15-21(31)26(18)34/h4-15,25,34H,3H2,1-2H3/b22-14-/t25-/m0/s1. The van der Waals surface area contributed by atoms with E-state index >= 15 is 0 Å². The number of fused-ring (bicyclic) bond motifs is 1. The predicted octanol–water partition coefficient (Wildman–Crippen LogP) is 5.02. The number of hydrogen-bond acceptors (Lipinski definition) is 7. The molecule has 0 aliphatic carbocycles. The smallest absolute Gasteiger partial charge is 0.338 e. The number of methoxy groups -OCH3 is 1. The van der Waals surface area contributed by atoms with Gasteiger partial charge in [0.15, 0.2) is 4.80 Å². The van der Waals surface area contributed by atoms with E-state index in [2.05, 4.69) is 15.9 Å². The Kier molecular flexibility index (Phi) is 8.06. The number of ether oxygens (including phenoxy) is 2. The highest BCUT2D eigenvalue weighted by Crippen LogP contribution is 2.36. The quantitative estimate of drug-likeness (QED) is 0.224. The van der Waals surface area contributed by atoms with Crippen molar-refractivity contribution in [2.75, 3.05) is 13.7 Å². The Bertz CT molecular complexity index is 1780. The van der Waals surface area contributed by atoms with Crippen molar-refractivity contribution < 1.29 is 19.4 Å². The number of aromatic nitrogens is 1. The van der Waals surface area contributed by atoms with Crippen LogP contribution >= 0.6 is 49.9 Å². The van der Waals surface area contributed by atoms with E-state index in [4.69, 9.17) is 14.5 Å². The van der Waals surface area contributed by atoms with E-state index in [0.717, 1.165) is 10.0 Å². The van der Waals surface area contributed by atoms with Crippen LogP contribution in [0.1, 0.15) is 29.7 Å². The fourth-order valence-electron chi connectivity index (χ4n) is 4.38. The number of carbonyl (C=O) groups is 1. The summed E-state index contributed by atoms with van der Waals surface area (Å²) in [4.78, 5) is 32.7. The minimum Gasteiger partial charge on any atom is -0.506 e. The Hall–Kier alpha value is -3.22. The summed E-state index contributed by atoms with van der Waals surface area (Å²) in [6, 6.07) is 19.4. The van der Waals surface area contributed by atoms with Gasteiger partial charge >= 0.3 is 5.97 Å². The number of esters is 1. The first-order valence-corrected chi connectivity index (χ1v) is 14.6. The SMILES string of the molecule is CCOC(=O)C1=C(c2ccccc2)N=c2s/c(=C\c3cc(Br)cc(I)c3O)c(=O)n2[C@H]1c1ccc(OC)cc1. The molecule has 1 aliphatic rings. The van der Waals surface area contributed by atoms with Gasteiger partial charge in [0.25, 0.3) is 5.56 Å². The Labute approximate surface area is 250 Å². The molecule has 0 spiro atoms. The van der Waals surface area contributed by atoms with Crippen LogP contribution in [-0.2, 0) is 9.53 Å². The number of aromatic hydroxyl groups is 1. The molecule has 1 atom stereocenters. The third kappa shape index (κ3) is 5.32. The molecule has 39 heavy (non-hydrogen) atoms. The first kappa shape index (κ1) is 27.4. The summed E-state index contributed by atoms with van der Waals surface area (Å²) in [6.45, 7) is 1.91. The van der Waals surface area contributed by atoms with Crippen LogP contribution in [0.2, 0.25) is 0 Å². The zero-order chi connectivity index (χ0) is 27.7. The van der Waals surface area contributed by atoms with Gasteiger partial charge in [-0.05, 0) is 65.4 Å². The Morgan fingerprint density at radius 3 is 2.56 bits per heavy atom. The molecule has 10 heteroatoms. The van der Waals surface area contributed by atoms with E-state index in [1.807, 2.05) is 65.1 Å². The van der Waals surface area contributed by atoms with E-state index in [1.165, 1.54) is 15.9 Å². The maximum absolute atomic E-state index is 14.0. The van der Waals surface area contributed by atoms with Crippen molar-refractivity contribution in [3.8, 4) is 11.5 Å². The second-order valence-corrected chi connectivity index (χ2v) is 11.6. The number of nitrogens with zero attached hydrogens (tertiary/aromatic N) is 2. The minimum absolute atomic E-state index is 0.0773. The second-order valence-electron chi connectivity index (χ2n) is 8.53. The molecule has 0 fully saturated rings. The molecule has 0 radical (unpaired) electrons. The fraction of sp³-hybridized carbons (Fsp3) is 0.138. The lowest BCUT2D eigenvalue weighted by Gasteiger charge is -2.26. The number of carbonyl (C=O) groups excluding carboxylic acids is 1. The Morgan fingerprint density at radius 1 is 1.18 bits per heavy atom. The van der Waals surface area contributed by atoms with Crippen molar-refractivity contribution in [1.29, 1.82) is 0 Å². The molecule has 0 unspecified atom stereocenters. The summed E-state index contributed by atoms with van der Waals surface area (Å²) >= 11 is 6.69. The van der Waals surface area contributed by atoms with Crippen LogP contribution in [0.5, 0.6) is 11.5 Å². The highest BCUT2D eigenvalue weighted by Gasteiger charge is 2.35. The van der Waals surface area contributed by atoms with Crippen molar-refractivity contribution in [2.24, 2.45) is 4.99 Å². The third-order valence-electron chi connectivity index (χ3n) is 6.15. The zero-order valence-electron chi connectivity index (χ0n) is 20.9. The van der Waals surface area contributed by atoms with Crippen LogP contribution in [0.4, 0.5) is 0 Å². The van der Waals surface area contributed by atoms with Crippen molar-refractivity contribution in [3.05, 3.63) is 117 Å². The lowest BCUT2D eigenvalue weighted by atomic mass is 9.93. The summed E-state index contributed by atoms with van der Waals surface area (Å²) in [6.07, 6.45) is 1.65. The molecular weight excluding hydrogens is 695 g/mol. The van der Waals surface area contributed by atoms with Gasteiger partial charge in [0.2, 0.25) is 0 Å². The topological polar surface area (TPSA) is 90.1 Å². The largest absolute Gasteiger partial charge is 0.506 e. The van der Waals surface area contributed by atoms with Crippen LogP contribution in [0.25, 0.3) is 11.8 Å². The lowest BCUT2D eigenvalue weighted by molar-refractivity contribution is -0.138. The summed E-state index contributed by atoms with van der Waals surface area (Å²) in [5.74, 6) is 0.179. The van der Waals surface area contributed by atoms with Crippen LogP contribution in [0.3, 0.4) is 0 Å². The molecule has 1 aromatic heterocycles. The molecule has 0 bridgehead atoms. The van der Waals surface area contributed by atoms with E-state index in [9.17, 15) is 14.7 Å². The van der Waals surface area contributed by atoms with Crippen LogP contribution in [0.15, 0.2) is 86.6 Å². The molecule has 4 aromatic rings. The highest BCUT2D eigenvalue weighted by atomic mass is 127. The van der Waals surface area contributed by atoms with Gasteiger partial charge in [-0.25, -0.2) is 9.79 Å². The van der Waals surface area contributed by atoms with Gasteiger partial charge in [-0.2, -0.15) is 0 Å². The van der Waals surface area contributed by atoms with Crippen molar-refractivity contribution in [2.45, 2.75) is 13.0 Å². The summed E-state index contributed by atoms with van der Waals surface area (Å²) in [5, 5.41) is 10.7. The van der Waals surface area contributed by atoms with E-state index < -0.39 is 12.0 Å². The summed E-state index contributed by atoms with van der Waals surface area (Å²) in [7, 11) is 1.58. The summed E-state index contributed by atoms with van der Waals surface area (Å²) in [5.41, 5.74) is 2.32. The first-order chi connectivity index (χ1) is 18.8. The third-order valence-corrected chi connectivity index (χ3v) is 8.41. The lowest BCUT2D eigenvalue weighted by Crippen LogP contribution is -2.40. The molecule has 7 nitrogen and oxygen atoms in total. The van der Waals surface area contributed by atoms with Crippen LogP contribution < -0.4 is 19.6 Å². The number of thiazole rings is 1. The molecule has 2 heterocycles. The molecule has 198 valence electrons. The molecule has 0 amide bonds. The monoisotopic (exact) mass is 716 g/mol. The molecule has 1 aliphatic heterocycles. The van der Waals surface area contributed by atoms with Crippen LogP contribution in [0, 0.1) is 3.57 Å². The average molecular weight is 717 g/mol. The number of hydrogen-bond donors (Lipinski definition) is 1. The number of phenols is 1. The second kappa shape index (κ2) is 11.5. The van der Waals surface area contributed by atoms with Crippen molar-refractivity contribution in [3.63, 3.8) is 0 Å².